The highest BCUT2D eigenvalue weighted by atomic mass is 32.2. The average molecular weight is 302 g/mol. The maximum Gasteiger partial charge on any atom is 0.267 e. The number of fused-ring (bicyclic) bond motifs is 1. The van der Waals surface area contributed by atoms with Gasteiger partial charge in [0.2, 0.25) is 0 Å². The highest BCUT2D eigenvalue weighted by Gasteiger charge is 2.22. The molecule has 0 aliphatic carbocycles. The number of benzene rings is 2. The maximum atomic E-state index is 11.4. The number of hydrogen-bond donors (Lipinski definition) is 1. The van der Waals surface area contributed by atoms with Gasteiger partial charge in [0.1, 0.15) is 5.75 Å². The fraction of sp³-hybridized carbons (Fsp3) is 0.133. The summed E-state index contributed by atoms with van der Waals surface area (Å²) in [5.74, 6) is -0.392. The molecular formula is C15H14N2O3S. The van der Waals surface area contributed by atoms with Crippen molar-refractivity contribution in [1.82, 2.24) is 9.55 Å². The third-order valence-corrected chi connectivity index (χ3v) is 4.11. The highest BCUT2D eigenvalue weighted by molar-refractivity contribution is 7.85. The Hall–Kier alpha value is -2.18. The lowest BCUT2D eigenvalue weighted by molar-refractivity contribution is 0.472. The Balaban J connectivity index is 2.15. The first-order valence-corrected chi connectivity index (χ1v) is 8.07. The van der Waals surface area contributed by atoms with E-state index < -0.39 is 21.9 Å². The monoisotopic (exact) mass is 302 g/mol. The SMILES string of the molecule is O=S(=O)(O)CC(c1ccccc1)n1cnc2ccccc21. The van der Waals surface area contributed by atoms with Gasteiger partial charge in [-0.3, -0.25) is 4.55 Å². The molecule has 0 saturated carbocycles. The van der Waals surface area contributed by atoms with E-state index in [9.17, 15) is 13.0 Å². The van der Waals surface area contributed by atoms with E-state index in [0.717, 1.165) is 16.6 Å². The number of hydrogen-bond acceptors (Lipinski definition) is 3. The van der Waals surface area contributed by atoms with Crippen LogP contribution in [0.4, 0.5) is 0 Å². The zero-order valence-electron chi connectivity index (χ0n) is 11.1. The van der Waals surface area contributed by atoms with E-state index in [0.29, 0.717) is 0 Å². The number of rotatable bonds is 4. The minimum absolute atomic E-state index is 0.392. The first-order chi connectivity index (χ1) is 10.0. The van der Waals surface area contributed by atoms with E-state index >= 15 is 0 Å². The molecular weight excluding hydrogens is 288 g/mol. The highest BCUT2D eigenvalue weighted by Crippen LogP contribution is 2.24. The Morgan fingerprint density at radius 2 is 1.71 bits per heavy atom. The summed E-state index contributed by atoms with van der Waals surface area (Å²) in [5, 5.41) is 0. The smallest absolute Gasteiger partial charge is 0.267 e. The molecule has 21 heavy (non-hydrogen) atoms. The molecule has 0 aliphatic heterocycles. The Labute approximate surface area is 122 Å². The van der Waals surface area contributed by atoms with Crippen molar-refractivity contribution in [1.29, 1.82) is 0 Å². The summed E-state index contributed by atoms with van der Waals surface area (Å²) in [7, 11) is -4.11. The van der Waals surface area contributed by atoms with Gasteiger partial charge in [0, 0.05) is 0 Å². The minimum atomic E-state index is -4.11. The lowest BCUT2D eigenvalue weighted by Gasteiger charge is -2.18. The summed E-state index contributed by atoms with van der Waals surface area (Å²) < 4.78 is 33.8. The molecule has 1 heterocycles. The fourth-order valence-electron chi connectivity index (χ4n) is 2.44. The van der Waals surface area contributed by atoms with Crippen LogP contribution in [0.25, 0.3) is 11.0 Å². The summed E-state index contributed by atoms with van der Waals surface area (Å²) in [6, 6.07) is 16.2. The van der Waals surface area contributed by atoms with E-state index in [1.54, 1.807) is 10.9 Å². The molecule has 0 amide bonds. The Morgan fingerprint density at radius 1 is 1.05 bits per heavy atom. The van der Waals surface area contributed by atoms with Gasteiger partial charge in [0.05, 0.1) is 23.4 Å². The molecule has 108 valence electrons. The first-order valence-electron chi connectivity index (χ1n) is 6.46. The van der Waals surface area contributed by atoms with E-state index in [2.05, 4.69) is 4.98 Å². The van der Waals surface area contributed by atoms with Crippen LogP contribution < -0.4 is 0 Å². The summed E-state index contributed by atoms with van der Waals surface area (Å²) >= 11 is 0. The van der Waals surface area contributed by atoms with Crippen LogP contribution in [0.15, 0.2) is 60.9 Å². The van der Waals surface area contributed by atoms with Crippen molar-refractivity contribution in [2.45, 2.75) is 6.04 Å². The second-order valence-corrected chi connectivity index (χ2v) is 6.31. The molecule has 1 N–H and O–H groups in total. The van der Waals surface area contributed by atoms with Crippen molar-refractivity contribution in [2.75, 3.05) is 5.75 Å². The molecule has 0 bridgehead atoms. The molecule has 1 aromatic heterocycles. The standard InChI is InChI=1S/C15H14N2O3S/c18-21(19,20)10-15(12-6-2-1-3-7-12)17-11-16-13-8-4-5-9-14(13)17/h1-9,11,15H,10H2,(H,18,19,20). The van der Waals surface area contributed by atoms with Crippen LogP contribution in [0.5, 0.6) is 0 Å². The molecule has 0 fully saturated rings. The number of nitrogens with zero attached hydrogens (tertiary/aromatic N) is 2. The number of aromatic nitrogens is 2. The van der Waals surface area contributed by atoms with Gasteiger partial charge in [0.15, 0.2) is 0 Å². The van der Waals surface area contributed by atoms with Crippen LogP contribution in [-0.4, -0.2) is 28.3 Å². The van der Waals surface area contributed by atoms with Crippen LogP contribution in [-0.2, 0) is 10.1 Å². The van der Waals surface area contributed by atoms with Crippen molar-refractivity contribution >= 4 is 21.2 Å². The van der Waals surface area contributed by atoms with Crippen molar-refractivity contribution < 1.29 is 13.0 Å². The Morgan fingerprint density at radius 3 is 2.43 bits per heavy atom. The van der Waals surface area contributed by atoms with E-state index in [1.807, 2.05) is 54.6 Å². The van der Waals surface area contributed by atoms with Crippen LogP contribution >= 0.6 is 0 Å². The Kier molecular flexibility index (Phi) is 3.48. The number of para-hydroxylation sites is 2. The predicted molar refractivity (Wildman–Crippen MR) is 80.7 cm³/mol. The van der Waals surface area contributed by atoms with Crippen LogP contribution in [0, 0.1) is 0 Å². The molecule has 0 saturated heterocycles. The largest absolute Gasteiger partial charge is 0.322 e. The molecule has 5 nitrogen and oxygen atoms in total. The van der Waals surface area contributed by atoms with Gasteiger partial charge in [0.25, 0.3) is 10.1 Å². The van der Waals surface area contributed by atoms with Crippen LogP contribution in [0.1, 0.15) is 11.6 Å². The van der Waals surface area contributed by atoms with Gasteiger partial charge in [-0.05, 0) is 17.7 Å². The number of imidazole rings is 1. The van der Waals surface area contributed by atoms with Crippen LogP contribution in [0.3, 0.4) is 0 Å². The molecule has 0 aliphatic rings. The molecule has 3 aromatic rings. The molecule has 1 unspecified atom stereocenters. The molecule has 0 radical (unpaired) electrons. The van der Waals surface area contributed by atoms with Crippen molar-refractivity contribution in [3.8, 4) is 0 Å². The lowest BCUT2D eigenvalue weighted by Crippen LogP contribution is -2.20. The zero-order valence-corrected chi connectivity index (χ0v) is 11.9. The van der Waals surface area contributed by atoms with Gasteiger partial charge in [-0.2, -0.15) is 8.42 Å². The molecule has 2 aromatic carbocycles. The molecule has 3 rings (SSSR count). The topological polar surface area (TPSA) is 72.2 Å². The predicted octanol–water partition coefficient (Wildman–Crippen LogP) is 2.51. The second kappa shape index (κ2) is 5.31. The van der Waals surface area contributed by atoms with Gasteiger partial charge in [-0.25, -0.2) is 4.98 Å². The minimum Gasteiger partial charge on any atom is -0.322 e. The van der Waals surface area contributed by atoms with Crippen molar-refractivity contribution in [2.24, 2.45) is 0 Å². The van der Waals surface area contributed by atoms with Crippen LogP contribution in [0.2, 0.25) is 0 Å². The van der Waals surface area contributed by atoms with Crippen molar-refractivity contribution in [3.63, 3.8) is 0 Å². The summed E-state index contributed by atoms with van der Waals surface area (Å²) in [4.78, 5) is 4.28. The molecule has 6 heteroatoms. The maximum absolute atomic E-state index is 11.4. The van der Waals surface area contributed by atoms with Gasteiger partial charge >= 0.3 is 0 Å². The third-order valence-electron chi connectivity index (χ3n) is 3.37. The summed E-state index contributed by atoms with van der Waals surface area (Å²) in [5.41, 5.74) is 2.42. The van der Waals surface area contributed by atoms with E-state index in [-0.39, 0.29) is 0 Å². The normalized spacial score (nSPS) is 13.4. The van der Waals surface area contributed by atoms with Gasteiger partial charge in [-0.1, -0.05) is 42.5 Å². The fourth-order valence-corrected chi connectivity index (χ4v) is 3.19. The first kappa shape index (κ1) is 13.8. The van der Waals surface area contributed by atoms with Gasteiger partial charge in [-0.15, -0.1) is 0 Å². The van der Waals surface area contributed by atoms with E-state index in [1.165, 1.54) is 0 Å². The average Bonchev–Trinajstić information content (AvgIpc) is 2.89. The molecule has 1 atom stereocenters. The molecule has 0 spiro atoms. The van der Waals surface area contributed by atoms with Gasteiger partial charge < -0.3 is 4.57 Å². The third kappa shape index (κ3) is 2.96. The zero-order chi connectivity index (χ0) is 14.9. The van der Waals surface area contributed by atoms with Crippen molar-refractivity contribution in [3.05, 3.63) is 66.5 Å². The summed E-state index contributed by atoms with van der Waals surface area (Å²) in [6.45, 7) is 0. The quantitative estimate of drug-likeness (QED) is 0.752. The summed E-state index contributed by atoms with van der Waals surface area (Å²) in [6.07, 6.45) is 1.60. The van der Waals surface area contributed by atoms with E-state index in [4.69, 9.17) is 0 Å². The second-order valence-electron chi connectivity index (χ2n) is 4.82. The Bertz CT molecular complexity index is 857. The lowest BCUT2D eigenvalue weighted by atomic mass is 10.1.